The van der Waals surface area contributed by atoms with Crippen LogP contribution in [0.1, 0.15) is 35.2 Å². The molecule has 0 radical (unpaired) electrons. The van der Waals surface area contributed by atoms with Gasteiger partial charge in [-0.05, 0) is 55.0 Å². The van der Waals surface area contributed by atoms with Crippen LogP contribution in [0.3, 0.4) is 0 Å². The Morgan fingerprint density at radius 1 is 1.20 bits per heavy atom. The first-order valence-corrected chi connectivity index (χ1v) is 8.29. The molecule has 0 unspecified atom stereocenters. The van der Waals surface area contributed by atoms with Gasteiger partial charge in [0.05, 0.1) is 13.5 Å². The number of fused-ring (bicyclic) bond motifs is 1. The molecule has 0 fully saturated rings. The van der Waals surface area contributed by atoms with Gasteiger partial charge in [-0.25, -0.2) is 0 Å². The number of anilines is 1. The van der Waals surface area contributed by atoms with Gasteiger partial charge in [0.1, 0.15) is 5.75 Å². The maximum Gasteiger partial charge on any atom is 0.304 e. The summed E-state index contributed by atoms with van der Waals surface area (Å²) < 4.78 is 5.26. The Bertz CT molecular complexity index is 819. The minimum Gasteiger partial charge on any atom is -0.497 e. The third-order valence-corrected chi connectivity index (χ3v) is 4.84. The molecule has 1 N–H and O–H groups in total. The normalized spacial score (nSPS) is 18.8. The molecule has 0 aliphatic carbocycles. The number of carboxylic acids is 1. The molecule has 1 aliphatic rings. The van der Waals surface area contributed by atoms with Crippen molar-refractivity contribution in [2.45, 2.75) is 25.3 Å². The summed E-state index contributed by atoms with van der Waals surface area (Å²) in [4.78, 5) is 26.0. The quantitative estimate of drug-likeness (QED) is 0.897. The molecule has 6 heteroatoms. The van der Waals surface area contributed by atoms with Crippen molar-refractivity contribution in [2.75, 3.05) is 12.0 Å². The largest absolute Gasteiger partial charge is 0.497 e. The number of hydrogen-bond donors (Lipinski definition) is 1. The minimum absolute atomic E-state index is 0.0499. The third-order valence-electron chi connectivity index (χ3n) is 4.59. The molecular formula is C19H18ClNO4. The van der Waals surface area contributed by atoms with E-state index in [4.69, 9.17) is 16.3 Å². The van der Waals surface area contributed by atoms with Crippen LogP contribution >= 0.6 is 11.6 Å². The van der Waals surface area contributed by atoms with E-state index in [2.05, 4.69) is 0 Å². The molecule has 130 valence electrons. The standard InChI is InChI=1S/C19H18ClNO4/c1-11-15(10-18(22)23)16-9-14(25-2)7-8-17(16)21(11)19(24)12-3-5-13(20)6-4-12/h3-9,11,15H,10H2,1-2H3,(H,22,23)/t11-,15+/m0/s1. The van der Waals surface area contributed by atoms with Gasteiger partial charge in [-0.15, -0.1) is 0 Å². The van der Waals surface area contributed by atoms with E-state index in [1.807, 2.05) is 13.0 Å². The number of methoxy groups -OCH3 is 1. The van der Waals surface area contributed by atoms with Crippen molar-refractivity contribution in [3.05, 3.63) is 58.6 Å². The van der Waals surface area contributed by atoms with E-state index in [9.17, 15) is 14.7 Å². The average Bonchev–Trinajstić information content (AvgIpc) is 2.86. The highest BCUT2D eigenvalue weighted by Crippen LogP contribution is 2.45. The summed E-state index contributed by atoms with van der Waals surface area (Å²) in [7, 11) is 1.56. The fourth-order valence-corrected chi connectivity index (χ4v) is 3.46. The zero-order valence-corrected chi connectivity index (χ0v) is 14.7. The molecule has 0 aromatic heterocycles. The molecule has 1 aliphatic heterocycles. The SMILES string of the molecule is COc1ccc2c(c1)[C@H](CC(=O)O)[C@H](C)N2C(=O)c1ccc(Cl)cc1. The number of hydrogen-bond acceptors (Lipinski definition) is 3. The van der Waals surface area contributed by atoms with Crippen molar-refractivity contribution in [3.8, 4) is 5.75 Å². The van der Waals surface area contributed by atoms with Gasteiger partial charge in [0, 0.05) is 28.2 Å². The average molecular weight is 360 g/mol. The second-order valence-electron chi connectivity index (χ2n) is 6.05. The number of aliphatic carboxylic acids is 1. The molecule has 5 nitrogen and oxygen atoms in total. The van der Waals surface area contributed by atoms with Crippen molar-refractivity contribution in [2.24, 2.45) is 0 Å². The van der Waals surface area contributed by atoms with Gasteiger partial charge < -0.3 is 14.7 Å². The number of halogens is 1. The van der Waals surface area contributed by atoms with Gasteiger partial charge in [0.15, 0.2) is 0 Å². The molecule has 2 atom stereocenters. The van der Waals surface area contributed by atoms with E-state index in [0.717, 1.165) is 11.3 Å². The van der Waals surface area contributed by atoms with E-state index in [-0.39, 0.29) is 24.3 Å². The summed E-state index contributed by atoms with van der Waals surface area (Å²) in [6.07, 6.45) is -0.0499. The molecule has 0 spiro atoms. The van der Waals surface area contributed by atoms with Gasteiger partial charge in [-0.1, -0.05) is 11.6 Å². The Hall–Kier alpha value is -2.53. The maximum atomic E-state index is 13.0. The van der Waals surface area contributed by atoms with Crippen molar-refractivity contribution >= 4 is 29.2 Å². The molecule has 1 heterocycles. The number of nitrogens with zero attached hydrogens (tertiary/aromatic N) is 1. The van der Waals surface area contributed by atoms with E-state index in [1.165, 1.54) is 0 Å². The highest BCUT2D eigenvalue weighted by Gasteiger charge is 2.40. The number of ether oxygens (including phenoxy) is 1. The second kappa shape index (κ2) is 6.76. The Labute approximate surface area is 150 Å². The Balaban J connectivity index is 2.04. The van der Waals surface area contributed by atoms with Crippen LogP contribution in [0.25, 0.3) is 0 Å². The number of carbonyl (C=O) groups excluding carboxylic acids is 1. The summed E-state index contributed by atoms with van der Waals surface area (Å²) in [5.74, 6) is -0.726. The summed E-state index contributed by atoms with van der Waals surface area (Å²) in [6.45, 7) is 1.87. The highest BCUT2D eigenvalue weighted by molar-refractivity contribution is 6.30. The number of rotatable bonds is 4. The summed E-state index contributed by atoms with van der Waals surface area (Å²) in [6, 6.07) is 11.8. The van der Waals surface area contributed by atoms with E-state index in [1.54, 1.807) is 48.4 Å². The smallest absolute Gasteiger partial charge is 0.304 e. The van der Waals surface area contributed by atoms with Crippen LogP contribution in [0, 0.1) is 0 Å². The minimum atomic E-state index is -0.897. The van der Waals surface area contributed by atoms with E-state index < -0.39 is 5.97 Å². The van der Waals surface area contributed by atoms with Crippen molar-refractivity contribution in [1.29, 1.82) is 0 Å². The summed E-state index contributed by atoms with van der Waals surface area (Å²) in [5, 5.41) is 9.82. The fraction of sp³-hybridized carbons (Fsp3) is 0.263. The molecule has 2 aromatic rings. The fourth-order valence-electron chi connectivity index (χ4n) is 3.33. The lowest BCUT2D eigenvalue weighted by Gasteiger charge is -2.25. The van der Waals surface area contributed by atoms with Crippen LogP contribution in [0.5, 0.6) is 5.75 Å². The molecular weight excluding hydrogens is 342 g/mol. The highest BCUT2D eigenvalue weighted by atomic mass is 35.5. The first-order valence-electron chi connectivity index (χ1n) is 7.91. The number of carbonyl (C=O) groups is 2. The summed E-state index contributed by atoms with van der Waals surface area (Å²) in [5.41, 5.74) is 2.05. The van der Waals surface area contributed by atoms with E-state index in [0.29, 0.717) is 16.3 Å². The first kappa shape index (κ1) is 17.3. The maximum absolute atomic E-state index is 13.0. The van der Waals surface area contributed by atoms with Crippen LogP contribution in [0.15, 0.2) is 42.5 Å². The summed E-state index contributed by atoms with van der Waals surface area (Å²) >= 11 is 5.90. The molecule has 0 bridgehead atoms. The zero-order valence-electron chi connectivity index (χ0n) is 13.9. The van der Waals surface area contributed by atoms with Gasteiger partial charge in [0.25, 0.3) is 5.91 Å². The Morgan fingerprint density at radius 2 is 1.88 bits per heavy atom. The predicted molar refractivity (Wildman–Crippen MR) is 95.7 cm³/mol. The van der Waals surface area contributed by atoms with Crippen molar-refractivity contribution < 1.29 is 19.4 Å². The third kappa shape index (κ3) is 3.20. The monoisotopic (exact) mass is 359 g/mol. The second-order valence-corrected chi connectivity index (χ2v) is 6.49. The van der Waals surface area contributed by atoms with Gasteiger partial charge >= 0.3 is 5.97 Å². The lowest BCUT2D eigenvalue weighted by atomic mass is 9.92. The molecule has 2 aromatic carbocycles. The lowest BCUT2D eigenvalue weighted by Crippen LogP contribution is -2.37. The van der Waals surface area contributed by atoms with Crippen LogP contribution < -0.4 is 9.64 Å². The first-order chi connectivity index (χ1) is 11.9. The predicted octanol–water partition coefficient (Wildman–Crippen LogP) is 3.96. The van der Waals surface area contributed by atoms with E-state index >= 15 is 0 Å². The molecule has 0 saturated heterocycles. The number of benzene rings is 2. The Morgan fingerprint density at radius 3 is 2.48 bits per heavy atom. The number of carboxylic acid groups (broad SMARTS) is 1. The van der Waals surface area contributed by atoms with Gasteiger partial charge in [-0.2, -0.15) is 0 Å². The van der Waals surface area contributed by atoms with Gasteiger partial charge in [0.2, 0.25) is 0 Å². The molecule has 0 saturated carbocycles. The van der Waals surface area contributed by atoms with Crippen LogP contribution in [0.4, 0.5) is 5.69 Å². The van der Waals surface area contributed by atoms with Gasteiger partial charge in [-0.3, -0.25) is 9.59 Å². The van der Waals surface area contributed by atoms with Crippen molar-refractivity contribution in [3.63, 3.8) is 0 Å². The molecule has 25 heavy (non-hydrogen) atoms. The topological polar surface area (TPSA) is 66.8 Å². The van der Waals surface area contributed by atoms with Crippen LogP contribution in [-0.4, -0.2) is 30.1 Å². The number of amides is 1. The molecule has 1 amide bonds. The zero-order chi connectivity index (χ0) is 18.1. The van der Waals surface area contributed by atoms with Crippen LogP contribution in [0.2, 0.25) is 5.02 Å². The van der Waals surface area contributed by atoms with Crippen molar-refractivity contribution in [1.82, 2.24) is 0 Å². The lowest BCUT2D eigenvalue weighted by molar-refractivity contribution is -0.137. The Kier molecular flexibility index (Phi) is 4.68. The molecule has 3 rings (SSSR count). The van der Waals surface area contributed by atoms with Crippen LogP contribution in [-0.2, 0) is 4.79 Å².